The normalized spacial score (nSPS) is 16.6. The van der Waals surface area contributed by atoms with Crippen LogP contribution in [0, 0.1) is 13.8 Å². The maximum atomic E-state index is 12.4. The van der Waals surface area contributed by atoms with E-state index in [1.165, 1.54) is 29.0 Å². The molecule has 10 nitrogen and oxygen atoms in total. The highest BCUT2D eigenvalue weighted by molar-refractivity contribution is 7.15. The van der Waals surface area contributed by atoms with Crippen LogP contribution in [-0.2, 0) is 17.8 Å². The van der Waals surface area contributed by atoms with E-state index in [1.807, 2.05) is 0 Å². The lowest BCUT2D eigenvalue weighted by Crippen LogP contribution is -2.49. The lowest BCUT2D eigenvalue weighted by Gasteiger charge is -2.35. The molecule has 182 valence electrons. The fourth-order valence-electron chi connectivity index (χ4n) is 5.15. The van der Waals surface area contributed by atoms with Crippen LogP contribution in [0.1, 0.15) is 29.1 Å². The Kier molecular flexibility index (Phi) is 5.73. The predicted octanol–water partition coefficient (Wildman–Crippen LogP) is 2.99. The van der Waals surface area contributed by atoms with Crippen LogP contribution in [0.5, 0.6) is 0 Å². The third-order valence-electron chi connectivity index (χ3n) is 7.02. The summed E-state index contributed by atoms with van der Waals surface area (Å²) in [4.78, 5) is 32.6. The van der Waals surface area contributed by atoms with Gasteiger partial charge in [-0.3, -0.25) is 14.8 Å². The molecule has 1 saturated heterocycles. The Hall–Kier alpha value is -3.31. The van der Waals surface area contributed by atoms with Gasteiger partial charge in [-0.05, 0) is 33.1 Å². The largest absolute Gasteiger partial charge is 0.352 e. The quantitative estimate of drug-likeness (QED) is 0.442. The van der Waals surface area contributed by atoms with E-state index in [-0.39, 0.29) is 5.91 Å². The molecule has 1 amide bonds. The molecule has 2 N–H and O–H groups in total. The number of carbonyl (C=O) groups is 1. The smallest absolute Gasteiger partial charge is 0.239 e. The minimum absolute atomic E-state index is 0.0469. The molecule has 2 aliphatic rings. The number of fused-ring (bicyclic) bond motifs is 3. The first-order valence-electron chi connectivity index (χ1n) is 12.2. The van der Waals surface area contributed by atoms with Gasteiger partial charge in [0.05, 0.1) is 17.8 Å². The highest BCUT2D eigenvalue weighted by Gasteiger charge is 2.29. The van der Waals surface area contributed by atoms with E-state index in [1.54, 1.807) is 29.9 Å². The van der Waals surface area contributed by atoms with Crippen molar-refractivity contribution in [2.75, 3.05) is 42.9 Å². The third-order valence-corrected chi connectivity index (χ3v) is 8.11. The minimum Gasteiger partial charge on any atom is -0.352 e. The van der Waals surface area contributed by atoms with Crippen LogP contribution >= 0.6 is 11.3 Å². The van der Waals surface area contributed by atoms with Crippen molar-refractivity contribution in [1.82, 2.24) is 34.6 Å². The van der Waals surface area contributed by atoms with Gasteiger partial charge in [0.2, 0.25) is 5.91 Å². The van der Waals surface area contributed by atoms with Crippen LogP contribution < -0.4 is 10.2 Å². The van der Waals surface area contributed by atoms with Crippen molar-refractivity contribution in [3.05, 3.63) is 34.9 Å². The van der Waals surface area contributed by atoms with Crippen LogP contribution in [0.2, 0.25) is 0 Å². The number of anilines is 2. The van der Waals surface area contributed by atoms with Gasteiger partial charge in [-0.15, -0.1) is 11.3 Å². The molecule has 0 atom stereocenters. The number of amides is 1. The minimum atomic E-state index is -0.0469. The monoisotopic (exact) mass is 491 g/mol. The second-order valence-corrected chi connectivity index (χ2v) is 10.5. The molecule has 0 unspecified atom stereocenters. The van der Waals surface area contributed by atoms with E-state index in [9.17, 15) is 4.79 Å². The second-order valence-electron chi connectivity index (χ2n) is 9.26. The number of hydrogen-bond acceptors (Lipinski definition) is 8. The average molecular weight is 492 g/mol. The topological polar surface area (TPSA) is 108 Å². The number of aryl methyl sites for hydroxylation is 3. The first-order chi connectivity index (χ1) is 17.1. The summed E-state index contributed by atoms with van der Waals surface area (Å²) in [6.45, 7) is 8.77. The van der Waals surface area contributed by atoms with Gasteiger partial charge in [-0.2, -0.15) is 5.10 Å². The summed E-state index contributed by atoms with van der Waals surface area (Å²) in [5.41, 5.74) is 5.78. The van der Waals surface area contributed by atoms with Crippen molar-refractivity contribution in [2.24, 2.45) is 0 Å². The Balaban J connectivity index is 1.27. The molecule has 0 radical (unpaired) electrons. The summed E-state index contributed by atoms with van der Waals surface area (Å²) >= 11 is 1.76. The summed E-state index contributed by atoms with van der Waals surface area (Å²) in [6.07, 6.45) is 6.79. The van der Waals surface area contributed by atoms with Crippen LogP contribution in [0.15, 0.2) is 18.6 Å². The van der Waals surface area contributed by atoms with Crippen molar-refractivity contribution < 1.29 is 4.79 Å². The first kappa shape index (κ1) is 22.2. The maximum Gasteiger partial charge on any atom is 0.239 e. The predicted molar refractivity (Wildman–Crippen MR) is 137 cm³/mol. The van der Waals surface area contributed by atoms with Crippen LogP contribution in [0.4, 0.5) is 11.6 Å². The molecular formula is C24H29N9OS. The van der Waals surface area contributed by atoms with E-state index in [0.717, 1.165) is 66.7 Å². The van der Waals surface area contributed by atoms with Gasteiger partial charge in [0.15, 0.2) is 11.6 Å². The Morgan fingerprint density at radius 2 is 2.00 bits per heavy atom. The summed E-state index contributed by atoms with van der Waals surface area (Å²) in [5, 5.41) is 10.6. The number of nitrogens with zero attached hydrogens (tertiary/aromatic N) is 7. The number of piperazine rings is 1. The van der Waals surface area contributed by atoms with Crippen molar-refractivity contribution in [1.29, 1.82) is 0 Å². The molecule has 0 spiro atoms. The number of aromatic amines is 1. The van der Waals surface area contributed by atoms with Crippen LogP contribution in [0.3, 0.4) is 0 Å². The molecule has 4 aromatic heterocycles. The highest BCUT2D eigenvalue weighted by Crippen LogP contribution is 2.41. The molecule has 0 saturated carbocycles. The fourth-order valence-corrected chi connectivity index (χ4v) is 6.13. The lowest BCUT2D eigenvalue weighted by atomic mass is 10.1. The fraction of sp³-hybridized carbons (Fsp3) is 0.458. The number of H-pyrrole nitrogens is 1. The molecule has 11 heteroatoms. The number of carbonyl (C=O) groups excluding carboxylic acids is 1. The highest BCUT2D eigenvalue weighted by atomic mass is 32.1. The van der Waals surface area contributed by atoms with Crippen LogP contribution in [-0.4, -0.2) is 73.2 Å². The van der Waals surface area contributed by atoms with Gasteiger partial charge >= 0.3 is 0 Å². The van der Waals surface area contributed by atoms with E-state index in [0.29, 0.717) is 12.4 Å². The number of thiazole rings is 1. The zero-order valence-electron chi connectivity index (χ0n) is 20.0. The lowest BCUT2D eigenvalue weighted by molar-refractivity contribution is -0.117. The molecule has 6 rings (SSSR count). The molecule has 6 heterocycles. The molecule has 4 aromatic rings. The Bertz CT molecular complexity index is 1350. The summed E-state index contributed by atoms with van der Waals surface area (Å²) in [5.74, 6) is 1.50. The van der Waals surface area contributed by atoms with Gasteiger partial charge in [-0.1, -0.05) is 0 Å². The number of rotatable bonds is 5. The van der Waals surface area contributed by atoms with E-state index in [2.05, 4.69) is 43.7 Å². The standard InChI is InChI=1S/C24H29N9OS/c1-15-16(2)35-24(28-15)20-17-5-3-4-8-33(17)22-21(20)25-14-26-23(22)32-11-9-31(10-12-32)13-19(34)29-18-6-7-27-30-18/h6-7,14H,3-5,8-13H2,1-2H3,(H2,27,29,30,34). The molecule has 2 aliphatic heterocycles. The van der Waals surface area contributed by atoms with Crippen molar-refractivity contribution >= 4 is 39.9 Å². The first-order valence-corrected chi connectivity index (χ1v) is 13.0. The molecule has 0 aliphatic carbocycles. The van der Waals surface area contributed by atoms with Crippen LogP contribution in [0.25, 0.3) is 21.6 Å². The van der Waals surface area contributed by atoms with Gasteiger partial charge < -0.3 is 14.8 Å². The Morgan fingerprint density at radius 3 is 2.74 bits per heavy atom. The van der Waals surface area contributed by atoms with Gasteiger partial charge in [0, 0.05) is 55.6 Å². The van der Waals surface area contributed by atoms with Crippen molar-refractivity contribution in [2.45, 2.75) is 39.7 Å². The third kappa shape index (κ3) is 4.08. The summed E-state index contributed by atoms with van der Waals surface area (Å²) < 4.78 is 2.44. The number of nitrogens with one attached hydrogen (secondary N) is 2. The maximum absolute atomic E-state index is 12.4. The zero-order chi connectivity index (χ0) is 23.9. The Labute approximate surface area is 207 Å². The number of aromatic nitrogens is 6. The van der Waals surface area contributed by atoms with Gasteiger partial charge in [0.1, 0.15) is 22.4 Å². The second kappa shape index (κ2) is 9.04. The van der Waals surface area contributed by atoms with Crippen molar-refractivity contribution in [3.8, 4) is 10.6 Å². The summed E-state index contributed by atoms with van der Waals surface area (Å²) in [7, 11) is 0. The van der Waals surface area contributed by atoms with E-state index >= 15 is 0 Å². The molecule has 0 aromatic carbocycles. The molecule has 0 bridgehead atoms. The van der Waals surface area contributed by atoms with Gasteiger partial charge in [0.25, 0.3) is 0 Å². The molecule has 1 fully saturated rings. The van der Waals surface area contributed by atoms with Gasteiger partial charge in [-0.25, -0.2) is 15.0 Å². The van der Waals surface area contributed by atoms with E-state index < -0.39 is 0 Å². The SMILES string of the molecule is Cc1nc(-c2c3n(c4c(N5CCN(CC(=O)Nc6cc[nH]n6)CC5)ncnc24)CCCC3)sc1C. The average Bonchev–Trinajstić information content (AvgIpc) is 3.57. The zero-order valence-corrected chi connectivity index (χ0v) is 20.9. The van der Waals surface area contributed by atoms with E-state index in [4.69, 9.17) is 15.0 Å². The summed E-state index contributed by atoms with van der Waals surface area (Å²) in [6, 6.07) is 1.75. The van der Waals surface area contributed by atoms with Crippen molar-refractivity contribution in [3.63, 3.8) is 0 Å². The Morgan fingerprint density at radius 1 is 1.14 bits per heavy atom. The molecule has 35 heavy (non-hydrogen) atoms. The number of hydrogen-bond donors (Lipinski definition) is 2. The molecular weight excluding hydrogens is 462 g/mol.